The van der Waals surface area contributed by atoms with Gasteiger partial charge in [-0.25, -0.2) is 4.79 Å². The minimum Gasteiger partial charge on any atom is -0.500 e. The van der Waals surface area contributed by atoms with Crippen LogP contribution in [0.2, 0.25) is 0 Å². The van der Waals surface area contributed by atoms with Crippen molar-refractivity contribution in [2.45, 2.75) is 20.3 Å². The van der Waals surface area contributed by atoms with Gasteiger partial charge in [0.15, 0.2) is 11.0 Å². The molecule has 0 aliphatic rings. The minimum atomic E-state index is -0.691. The van der Waals surface area contributed by atoms with Gasteiger partial charge in [-0.15, -0.1) is 0 Å². The van der Waals surface area contributed by atoms with Crippen LogP contribution in [0.5, 0.6) is 0 Å². The van der Waals surface area contributed by atoms with Crippen LogP contribution in [0.1, 0.15) is 20.3 Å². The molecule has 0 aromatic heterocycles. The van der Waals surface area contributed by atoms with Gasteiger partial charge in [0.1, 0.15) is 11.8 Å². The van der Waals surface area contributed by atoms with Crippen molar-refractivity contribution in [1.82, 2.24) is 0 Å². The van der Waals surface area contributed by atoms with Crippen molar-refractivity contribution in [2.75, 3.05) is 19.0 Å². The second kappa shape index (κ2) is 9.52. The van der Waals surface area contributed by atoms with Crippen LogP contribution in [-0.4, -0.2) is 35.9 Å². The summed E-state index contributed by atoms with van der Waals surface area (Å²) in [6.07, 6.45) is 1.69. The molecule has 0 radical (unpaired) electrons. The van der Waals surface area contributed by atoms with Crippen LogP contribution in [0.25, 0.3) is 0 Å². The maximum atomic E-state index is 11.5. The van der Waals surface area contributed by atoms with Crippen molar-refractivity contribution in [3.05, 3.63) is 11.8 Å². The van der Waals surface area contributed by atoms with Gasteiger partial charge < -0.3 is 15.2 Å². The van der Waals surface area contributed by atoms with E-state index >= 15 is 0 Å². The summed E-state index contributed by atoms with van der Waals surface area (Å²) in [5, 5.41) is 7.01. The van der Waals surface area contributed by atoms with E-state index in [-0.39, 0.29) is 17.3 Å². The first-order valence-corrected chi connectivity index (χ1v) is 6.44. The number of carbonyl (C=O) groups is 2. The predicted molar refractivity (Wildman–Crippen MR) is 70.3 cm³/mol. The largest absolute Gasteiger partial charge is 0.500 e. The summed E-state index contributed by atoms with van der Waals surface area (Å²) in [6, 6.07) is 0. The van der Waals surface area contributed by atoms with E-state index in [1.807, 2.05) is 0 Å². The van der Waals surface area contributed by atoms with Crippen LogP contribution >= 0.6 is 11.8 Å². The fourth-order valence-corrected chi connectivity index (χ4v) is 1.41. The Labute approximate surface area is 110 Å². The van der Waals surface area contributed by atoms with Crippen molar-refractivity contribution in [1.29, 1.82) is 5.41 Å². The molecule has 0 unspecified atom stereocenters. The van der Waals surface area contributed by atoms with Crippen LogP contribution in [0, 0.1) is 5.41 Å². The molecule has 18 heavy (non-hydrogen) atoms. The molecule has 0 aliphatic heterocycles. The summed E-state index contributed by atoms with van der Waals surface area (Å²) in [5.74, 6) is -0.497. The molecule has 0 fully saturated rings. The van der Waals surface area contributed by atoms with Crippen molar-refractivity contribution in [3.63, 3.8) is 0 Å². The van der Waals surface area contributed by atoms with E-state index in [0.29, 0.717) is 18.8 Å². The molecule has 0 saturated carbocycles. The fourth-order valence-electron chi connectivity index (χ4n) is 0.925. The monoisotopic (exact) mass is 274 g/mol. The topological polar surface area (TPSA) is 102 Å². The number of ketones is 1. The molecule has 7 heteroatoms. The number of hydrogen-bond acceptors (Lipinski definition) is 6. The van der Waals surface area contributed by atoms with E-state index in [1.54, 1.807) is 6.92 Å². The van der Waals surface area contributed by atoms with E-state index in [2.05, 4.69) is 0 Å². The number of esters is 1. The molecule has 0 atom stereocenters. The highest BCUT2D eigenvalue weighted by Gasteiger charge is 2.16. The third-order valence-corrected chi connectivity index (χ3v) is 2.55. The second-order valence-electron chi connectivity index (χ2n) is 3.25. The third-order valence-electron chi connectivity index (χ3n) is 1.75. The van der Waals surface area contributed by atoms with Gasteiger partial charge in [-0.3, -0.25) is 10.2 Å². The van der Waals surface area contributed by atoms with Gasteiger partial charge in [-0.2, -0.15) is 0 Å². The molecule has 0 aromatic carbocycles. The predicted octanol–water partition coefficient (Wildman–Crippen LogP) is 1.06. The summed E-state index contributed by atoms with van der Waals surface area (Å²) in [5.41, 5.74) is 5.04. The number of Topliss-reactive ketones (excluding diaryl/α,β-unsaturated/α-hetero) is 1. The highest BCUT2D eigenvalue weighted by atomic mass is 32.2. The number of nitrogens with one attached hydrogen (secondary N) is 1. The number of thioether (sulfide) groups is 1. The highest BCUT2D eigenvalue weighted by molar-refractivity contribution is 8.13. The number of ether oxygens (including phenoxy) is 2. The SMILES string of the molecule is CCO/C=C(/C(C)=O)C(=O)OCCCSC(=N)N. The minimum absolute atomic E-state index is 0.0296. The average molecular weight is 274 g/mol. The lowest BCUT2D eigenvalue weighted by Gasteiger charge is -2.06. The quantitative estimate of drug-likeness (QED) is 0.100. The van der Waals surface area contributed by atoms with Crippen molar-refractivity contribution in [3.8, 4) is 0 Å². The second-order valence-corrected chi connectivity index (χ2v) is 4.38. The Morgan fingerprint density at radius 3 is 2.61 bits per heavy atom. The van der Waals surface area contributed by atoms with Crippen LogP contribution in [-0.2, 0) is 19.1 Å². The summed E-state index contributed by atoms with van der Waals surface area (Å²) >= 11 is 1.18. The molecule has 0 amide bonds. The van der Waals surface area contributed by atoms with E-state index in [9.17, 15) is 9.59 Å². The van der Waals surface area contributed by atoms with Crippen molar-refractivity contribution in [2.24, 2.45) is 5.73 Å². The summed E-state index contributed by atoms with van der Waals surface area (Å²) < 4.78 is 9.82. The molecular weight excluding hydrogens is 256 g/mol. The Bertz CT molecular complexity index is 342. The lowest BCUT2D eigenvalue weighted by Crippen LogP contribution is -2.15. The smallest absolute Gasteiger partial charge is 0.344 e. The molecule has 0 aromatic rings. The van der Waals surface area contributed by atoms with Gasteiger partial charge in [-0.1, -0.05) is 11.8 Å². The highest BCUT2D eigenvalue weighted by Crippen LogP contribution is 2.04. The summed E-state index contributed by atoms with van der Waals surface area (Å²) in [6.45, 7) is 3.57. The maximum absolute atomic E-state index is 11.5. The van der Waals surface area contributed by atoms with Gasteiger partial charge in [0, 0.05) is 5.75 Å². The van der Waals surface area contributed by atoms with Gasteiger partial charge >= 0.3 is 5.97 Å². The Morgan fingerprint density at radius 1 is 1.44 bits per heavy atom. The van der Waals surface area contributed by atoms with Gasteiger partial charge in [0.25, 0.3) is 0 Å². The molecule has 0 heterocycles. The standard InChI is InChI=1S/C11H18N2O4S/c1-3-16-7-9(8(2)14)10(15)17-5-4-6-18-11(12)13/h7H,3-6H2,1-2H3,(H3,12,13)/b9-7-. The molecule has 102 valence electrons. The lowest BCUT2D eigenvalue weighted by molar-refractivity contribution is -0.140. The first kappa shape index (κ1) is 16.5. The number of carbonyl (C=O) groups excluding carboxylic acids is 2. The number of rotatable bonds is 8. The van der Waals surface area contributed by atoms with Crippen molar-refractivity contribution < 1.29 is 19.1 Å². The molecular formula is C11H18N2O4S. The Hall–Kier alpha value is -1.50. The van der Waals surface area contributed by atoms with E-state index in [4.69, 9.17) is 20.6 Å². The number of nitrogens with two attached hydrogens (primary N) is 1. The molecule has 0 spiro atoms. The average Bonchev–Trinajstić information content (AvgIpc) is 2.28. The maximum Gasteiger partial charge on any atom is 0.344 e. The number of amidine groups is 1. The molecule has 0 aliphatic carbocycles. The fraction of sp³-hybridized carbons (Fsp3) is 0.545. The van der Waals surface area contributed by atoms with Crippen molar-refractivity contribution >= 4 is 28.7 Å². The van der Waals surface area contributed by atoms with Crippen LogP contribution in [0.3, 0.4) is 0 Å². The van der Waals surface area contributed by atoms with Gasteiger partial charge in [0.2, 0.25) is 0 Å². The van der Waals surface area contributed by atoms with E-state index in [0.717, 1.165) is 6.26 Å². The van der Waals surface area contributed by atoms with E-state index in [1.165, 1.54) is 18.7 Å². The van der Waals surface area contributed by atoms with E-state index < -0.39 is 11.8 Å². The first-order chi connectivity index (χ1) is 8.49. The number of hydrogen-bond donors (Lipinski definition) is 2. The third kappa shape index (κ3) is 7.72. The lowest BCUT2D eigenvalue weighted by atomic mass is 10.2. The molecule has 6 nitrogen and oxygen atoms in total. The summed E-state index contributed by atoms with van der Waals surface area (Å²) in [7, 11) is 0. The molecule has 3 N–H and O–H groups in total. The zero-order valence-electron chi connectivity index (χ0n) is 10.5. The Balaban J connectivity index is 4.04. The summed E-state index contributed by atoms with van der Waals surface area (Å²) in [4.78, 5) is 22.7. The normalized spacial score (nSPS) is 10.9. The van der Waals surface area contributed by atoms with Gasteiger partial charge in [-0.05, 0) is 20.3 Å². The van der Waals surface area contributed by atoms with Crippen LogP contribution in [0.4, 0.5) is 0 Å². The van der Waals surface area contributed by atoms with Crippen LogP contribution in [0.15, 0.2) is 11.8 Å². The Morgan fingerprint density at radius 2 is 2.11 bits per heavy atom. The Kier molecular flexibility index (Phi) is 8.73. The molecule has 0 saturated heterocycles. The molecule has 0 rings (SSSR count). The van der Waals surface area contributed by atoms with Crippen LogP contribution < -0.4 is 5.73 Å². The zero-order chi connectivity index (χ0) is 14.0. The first-order valence-electron chi connectivity index (χ1n) is 5.45. The van der Waals surface area contributed by atoms with Gasteiger partial charge in [0.05, 0.1) is 13.2 Å². The molecule has 0 bridgehead atoms. The zero-order valence-corrected chi connectivity index (χ0v) is 11.3.